The molecular formula is C22H37F2N3. The van der Waals surface area contributed by atoms with E-state index in [1.165, 1.54) is 0 Å². The highest BCUT2D eigenvalue weighted by Crippen LogP contribution is 2.41. The number of hydrogen-bond donors (Lipinski definition) is 0. The van der Waals surface area contributed by atoms with E-state index < -0.39 is 6.43 Å². The highest BCUT2D eigenvalue weighted by molar-refractivity contribution is 5.73. The minimum atomic E-state index is -2.49. The van der Waals surface area contributed by atoms with E-state index >= 15 is 0 Å². The number of aromatic nitrogens is 2. The highest BCUT2D eigenvalue weighted by Gasteiger charge is 2.25. The Morgan fingerprint density at radius 2 is 1.63 bits per heavy atom. The molecule has 2 heterocycles. The number of halogens is 2. The van der Waals surface area contributed by atoms with Crippen LogP contribution in [0, 0.1) is 0 Å². The maximum absolute atomic E-state index is 13.5. The van der Waals surface area contributed by atoms with Crippen LogP contribution in [0.4, 0.5) is 14.5 Å². The summed E-state index contributed by atoms with van der Waals surface area (Å²) in [5.74, 6) is 0.387. The van der Waals surface area contributed by atoms with Crippen molar-refractivity contribution in [1.82, 2.24) is 9.78 Å². The summed E-state index contributed by atoms with van der Waals surface area (Å²) < 4.78 is 28.6. The molecule has 0 fully saturated rings. The van der Waals surface area contributed by atoms with Crippen LogP contribution < -0.4 is 4.90 Å². The van der Waals surface area contributed by atoms with Crippen LogP contribution in [0.1, 0.15) is 78.4 Å². The van der Waals surface area contributed by atoms with E-state index in [1.807, 2.05) is 54.7 Å². The van der Waals surface area contributed by atoms with Crippen molar-refractivity contribution in [2.75, 3.05) is 18.5 Å². The smallest absolute Gasteiger partial charge is 0.264 e. The Hall–Kier alpha value is -1.91. The predicted molar refractivity (Wildman–Crippen MR) is 114 cm³/mol. The molecule has 0 N–H and O–H groups in total. The summed E-state index contributed by atoms with van der Waals surface area (Å²) in [5, 5.41) is 4.10. The second-order valence-electron chi connectivity index (χ2n) is 5.81. The molecule has 0 saturated carbocycles. The zero-order chi connectivity index (χ0) is 21.1. The summed E-state index contributed by atoms with van der Waals surface area (Å²) in [6.07, 6.45) is 1.98. The van der Waals surface area contributed by atoms with Crippen LogP contribution in [0.3, 0.4) is 0 Å². The Bertz CT molecular complexity index is 666. The number of rotatable bonds is 2. The van der Waals surface area contributed by atoms with Gasteiger partial charge in [0.1, 0.15) is 0 Å². The molecule has 1 aliphatic rings. The Balaban J connectivity index is 0.00000103. The van der Waals surface area contributed by atoms with E-state index in [1.54, 1.807) is 30.2 Å². The van der Waals surface area contributed by atoms with E-state index in [9.17, 15) is 8.78 Å². The van der Waals surface area contributed by atoms with Crippen LogP contribution in [0.5, 0.6) is 0 Å². The molecule has 0 bridgehead atoms. The van der Waals surface area contributed by atoms with Crippen LogP contribution in [0.15, 0.2) is 24.5 Å². The van der Waals surface area contributed by atoms with Gasteiger partial charge in [0.05, 0.1) is 6.20 Å². The highest BCUT2D eigenvalue weighted by atomic mass is 19.3. The van der Waals surface area contributed by atoms with Gasteiger partial charge >= 0.3 is 0 Å². The average Bonchev–Trinajstić information content (AvgIpc) is 3.15. The molecule has 0 saturated heterocycles. The van der Waals surface area contributed by atoms with Gasteiger partial charge in [-0.1, -0.05) is 48.5 Å². The summed E-state index contributed by atoms with van der Waals surface area (Å²) in [5.41, 5.74) is 3.50. The summed E-state index contributed by atoms with van der Waals surface area (Å²) >= 11 is 0. The van der Waals surface area contributed by atoms with Gasteiger partial charge in [-0.15, -0.1) is 0 Å². The molecule has 1 atom stereocenters. The van der Waals surface area contributed by atoms with Crippen LogP contribution in [-0.4, -0.2) is 23.4 Å². The van der Waals surface area contributed by atoms with E-state index in [0.29, 0.717) is 11.5 Å². The molecule has 1 aliphatic heterocycles. The van der Waals surface area contributed by atoms with Crippen LogP contribution >= 0.6 is 0 Å². The zero-order valence-corrected chi connectivity index (χ0v) is 18.5. The second kappa shape index (κ2) is 12.5. The third-order valence-corrected chi connectivity index (χ3v) is 4.29. The molecule has 0 radical (unpaired) electrons. The van der Waals surface area contributed by atoms with Crippen molar-refractivity contribution in [3.8, 4) is 11.1 Å². The van der Waals surface area contributed by atoms with Gasteiger partial charge in [0, 0.05) is 43.7 Å². The number of nitrogens with zero attached hydrogens (tertiary/aromatic N) is 3. The molecule has 3 rings (SSSR count). The van der Waals surface area contributed by atoms with Crippen molar-refractivity contribution in [2.45, 2.75) is 67.2 Å². The van der Waals surface area contributed by atoms with Crippen molar-refractivity contribution >= 4 is 5.69 Å². The fraction of sp³-hybridized carbons (Fsp3) is 0.591. The number of aryl methyl sites for hydroxylation is 1. The minimum Gasteiger partial charge on any atom is -0.374 e. The molecule has 0 unspecified atom stereocenters. The third-order valence-electron chi connectivity index (χ3n) is 4.29. The lowest BCUT2D eigenvalue weighted by atomic mass is 9.87. The maximum atomic E-state index is 13.5. The molecule has 3 nitrogen and oxygen atoms in total. The molecule has 0 aliphatic carbocycles. The average molecular weight is 382 g/mol. The van der Waals surface area contributed by atoms with Gasteiger partial charge in [-0.25, -0.2) is 8.78 Å². The van der Waals surface area contributed by atoms with Gasteiger partial charge < -0.3 is 4.90 Å². The molecule has 0 amide bonds. The van der Waals surface area contributed by atoms with Gasteiger partial charge in [0.2, 0.25) is 0 Å². The van der Waals surface area contributed by atoms with Crippen LogP contribution in [0.2, 0.25) is 0 Å². The van der Waals surface area contributed by atoms with Gasteiger partial charge in [-0.3, -0.25) is 4.68 Å². The molecule has 1 aromatic carbocycles. The number of anilines is 1. The molecular weight excluding hydrogens is 344 g/mol. The molecule has 2 aromatic rings. The Morgan fingerprint density at radius 3 is 2.11 bits per heavy atom. The van der Waals surface area contributed by atoms with E-state index in [2.05, 4.69) is 16.9 Å². The monoisotopic (exact) mass is 381 g/mol. The van der Waals surface area contributed by atoms with Crippen molar-refractivity contribution in [2.24, 2.45) is 7.05 Å². The lowest BCUT2D eigenvalue weighted by molar-refractivity contribution is 0.152. The summed E-state index contributed by atoms with van der Waals surface area (Å²) in [7, 11) is 3.75. The van der Waals surface area contributed by atoms with Crippen LogP contribution in [0.25, 0.3) is 11.1 Å². The topological polar surface area (TPSA) is 21.1 Å². The SMILES string of the molecule is CC.CC.CC.C[C@@H]1CCN(C)c2cc(C(F)F)c(-c3cnn(C)c3)cc21. The van der Waals surface area contributed by atoms with Crippen molar-refractivity contribution in [3.63, 3.8) is 0 Å². The summed E-state index contributed by atoms with van der Waals surface area (Å²) in [4.78, 5) is 2.06. The lowest BCUT2D eigenvalue weighted by Crippen LogP contribution is -2.26. The molecule has 154 valence electrons. The Labute approximate surface area is 164 Å². The fourth-order valence-electron chi connectivity index (χ4n) is 3.00. The van der Waals surface area contributed by atoms with E-state index in [0.717, 1.165) is 29.8 Å². The predicted octanol–water partition coefficient (Wildman–Crippen LogP) is 7.05. The number of alkyl halides is 2. The first-order chi connectivity index (χ1) is 13.0. The quantitative estimate of drug-likeness (QED) is 0.556. The standard InChI is InChI=1S/C16H19F2N3.3C2H6/c1-10-4-5-20(2)15-7-14(16(17)18)13(6-12(10)15)11-8-19-21(3)9-11;3*1-2/h6-10,16H,4-5H2,1-3H3;3*1-2H3/t10-;;;/m1.../s1. The first-order valence-electron chi connectivity index (χ1n) is 10.1. The normalized spacial score (nSPS) is 14.8. The summed E-state index contributed by atoms with van der Waals surface area (Å²) in [6, 6.07) is 3.58. The van der Waals surface area contributed by atoms with Crippen molar-refractivity contribution < 1.29 is 8.78 Å². The zero-order valence-electron chi connectivity index (χ0n) is 18.5. The first-order valence-corrected chi connectivity index (χ1v) is 10.1. The fourth-order valence-corrected chi connectivity index (χ4v) is 3.00. The van der Waals surface area contributed by atoms with E-state index in [4.69, 9.17) is 0 Å². The van der Waals surface area contributed by atoms with Crippen molar-refractivity contribution in [3.05, 3.63) is 35.7 Å². The van der Waals surface area contributed by atoms with Gasteiger partial charge in [0.15, 0.2) is 0 Å². The largest absolute Gasteiger partial charge is 0.374 e. The first kappa shape index (κ1) is 25.1. The van der Waals surface area contributed by atoms with Gasteiger partial charge in [-0.2, -0.15) is 5.10 Å². The summed E-state index contributed by atoms with van der Waals surface area (Å²) in [6.45, 7) is 15.1. The Kier molecular flexibility index (Phi) is 11.6. The van der Waals surface area contributed by atoms with Gasteiger partial charge in [0.25, 0.3) is 6.43 Å². The number of fused-ring (bicyclic) bond motifs is 1. The number of hydrogen-bond acceptors (Lipinski definition) is 2. The molecule has 1 aromatic heterocycles. The number of benzene rings is 1. The molecule has 5 heteroatoms. The van der Waals surface area contributed by atoms with Crippen molar-refractivity contribution in [1.29, 1.82) is 0 Å². The maximum Gasteiger partial charge on any atom is 0.264 e. The Morgan fingerprint density at radius 1 is 1.04 bits per heavy atom. The minimum absolute atomic E-state index is 0.0858. The molecule has 0 spiro atoms. The van der Waals surface area contributed by atoms with E-state index in [-0.39, 0.29) is 5.56 Å². The van der Waals surface area contributed by atoms with Crippen LogP contribution in [-0.2, 0) is 7.05 Å². The van der Waals surface area contributed by atoms with Gasteiger partial charge in [-0.05, 0) is 35.6 Å². The lowest BCUT2D eigenvalue weighted by Gasteiger charge is -2.32. The second-order valence-corrected chi connectivity index (χ2v) is 5.81. The third kappa shape index (κ3) is 6.05. The molecule has 27 heavy (non-hydrogen) atoms.